The Morgan fingerprint density at radius 1 is 1.03 bits per heavy atom. The topological polar surface area (TPSA) is 59.1 Å². The maximum atomic E-state index is 13.8. The van der Waals surface area contributed by atoms with Crippen molar-refractivity contribution < 1.29 is 49.1 Å². The Bertz CT molecular complexity index is 1210. The monoisotopic (exact) mass is 524 g/mol. The number of nitrogens with zero attached hydrogens (tertiary/aromatic N) is 1. The lowest BCUT2D eigenvalue weighted by molar-refractivity contribution is -0.144. The first-order chi connectivity index (χ1) is 16.5. The van der Waals surface area contributed by atoms with Crippen molar-refractivity contribution in [2.24, 2.45) is 0 Å². The normalized spacial score (nSPS) is 16.6. The number of allylic oxidation sites excluding steroid dienone is 2. The second-order valence-electron chi connectivity index (χ2n) is 7.96. The Morgan fingerprint density at radius 3 is 2.25 bits per heavy atom. The molecule has 0 radical (unpaired) electrons. The number of ketones is 1. The molecule has 2 aromatic rings. The molecule has 1 aliphatic carbocycles. The summed E-state index contributed by atoms with van der Waals surface area (Å²) in [6, 6.07) is 3.05. The number of benzene rings is 1. The number of hydrogen-bond acceptors (Lipinski definition) is 3. The maximum absolute atomic E-state index is 13.8. The van der Waals surface area contributed by atoms with Gasteiger partial charge in [-0.3, -0.25) is 14.6 Å². The first-order valence-corrected chi connectivity index (χ1v) is 10.4. The van der Waals surface area contributed by atoms with Gasteiger partial charge in [0.25, 0.3) is 0 Å². The van der Waals surface area contributed by atoms with E-state index in [0.717, 1.165) is 6.07 Å². The minimum atomic E-state index is -5.61. The number of aryl methyl sites for hydroxylation is 1. The van der Waals surface area contributed by atoms with Crippen LogP contribution in [0, 0.1) is 0 Å². The summed E-state index contributed by atoms with van der Waals surface area (Å²) >= 11 is 0. The van der Waals surface area contributed by atoms with Crippen molar-refractivity contribution >= 4 is 17.3 Å². The highest BCUT2D eigenvalue weighted by molar-refractivity contribution is 6.09. The van der Waals surface area contributed by atoms with E-state index < -0.39 is 46.7 Å². The number of carbonyl (C=O) groups excluding carboxylic acids is 2. The van der Waals surface area contributed by atoms with Crippen LogP contribution < -0.4 is 5.32 Å². The minimum absolute atomic E-state index is 0.155. The molecule has 0 saturated heterocycles. The molecule has 0 fully saturated rings. The van der Waals surface area contributed by atoms with Crippen LogP contribution in [0.4, 0.5) is 39.5 Å². The number of amides is 1. The van der Waals surface area contributed by atoms with Gasteiger partial charge in [0.15, 0.2) is 5.78 Å². The zero-order valence-electron chi connectivity index (χ0n) is 18.3. The summed E-state index contributed by atoms with van der Waals surface area (Å²) in [5.74, 6) is -1.59. The van der Waals surface area contributed by atoms with Crippen LogP contribution in [-0.4, -0.2) is 22.9 Å². The van der Waals surface area contributed by atoms with E-state index in [1.165, 1.54) is 12.1 Å². The van der Waals surface area contributed by atoms with Gasteiger partial charge in [-0.1, -0.05) is 19.1 Å². The van der Waals surface area contributed by atoms with E-state index in [0.29, 0.717) is 24.0 Å². The number of rotatable bonds is 5. The van der Waals surface area contributed by atoms with Crippen LogP contribution >= 0.6 is 0 Å². The van der Waals surface area contributed by atoms with Gasteiger partial charge in [0.05, 0.1) is 17.2 Å². The molecule has 0 bridgehead atoms. The third-order valence-electron chi connectivity index (χ3n) is 5.53. The summed E-state index contributed by atoms with van der Waals surface area (Å²) in [5, 5.41) is 2.76. The molecule has 0 aliphatic heterocycles. The summed E-state index contributed by atoms with van der Waals surface area (Å²) in [7, 11) is 0. The van der Waals surface area contributed by atoms with Gasteiger partial charge in [-0.05, 0) is 42.2 Å². The molecular weight excluding hydrogens is 507 g/mol. The molecule has 1 aliphatic rings. The number of hydrogen-bond donors (Lipinski definition) is 1. The molecule has 4 nitrogen and oxygen atoms in total. The van der Waals surface area contributed by atoms with Crippen LogP contribution in [0.15, 0.2) is 36.5 Å². The molecule has 1 heterocycles. The Morgan fingerprint density at radius 2 is 1.69 bits per heavy atom. The van der Waals surface area contributed by atoms with Crippen LogP contribution in [0.1, 0.15) is 64.1 Å². The van der Waals surface area contributed by atoms with E-state index in [4.69, 9.17) is 0 Å². The minimum Gasteiger partial charge on any atom is -0.349 e. The fourth-order valence-corrected chi connectivity index (χ4v) is 3.80. The van der Waals surface area contributed by atoms with Gasteiger partial charge in [0, 0.05) is 23.7 Å². The van der Waals surface area contributed by atoms with Gasteiger partial charge in [0.2, 0.25) is 5.91 Å². The highest BCUT2D eigenvalue weighted by atomic mass is 19.4. The van der Waals surface area contributed by atoms with Crippen molar-refractivity contribution in [3.63, 3.8) is 0 Å². The Labute approximate surface area is 198 Å². The lowest BCUT2D eigenvalue weighted by Crippen LogP contribution is -2.26. The second-order valence-corrected chi connectivity index (χ2v) is 7.96. The molecule has 1 atom stereocenters. The van der Waals surface area contributed by atoms with Crippen LogP contribution in [0.3, 0.4) is 0 Å². The lowest BCUT2D eigenvalue weighted by atomic mass is 9.96. The third kappa shape index (κ3) is 5.88. The number of alkyl halides is 9. The first kappa shape index (κ1) is 27.2. The van der Waals surface area contributed by atoms with Gasteiger partial charge in [-0.2, -0.15) is 39.5 Å². The summed E-state index contributed by atoms with van der Waals surface area (Å²) in [4.78, 5) is 26.9. The molecule has 1 amide bonds. The Balaban J connectivity index is 2.08. The predicted molar refractivity (Wildman–Crippen MR) is 109 cm³/mol. The molecule has 1 aromatic carbocycles. The molecule has 3 rings (SSSR count). The van der Waals surface area contributed by atoms with E-state index in [1.807, 2.05) is 0 Å². The maximum Gasteiger partial charge on any atom is 0.433 e. The fraction of sp³-hybridized carbons (Fsp3) is 0.348. The van der Waals surface area contributed by atoms with Crippen LogP contribution in [0.5, 0.6) is 0 Å². The highest BCUT2D eigenvalue weighted by Crippen LogP contribution is 2.43. The molecule has 1 aromatic heterocycles. The summed E-state index contributed by atoms with van der Waals surface area (Å²) < 4.78 is 120. The average molecular weight is 524 g/mol. The molecule has 1 unspecified atom stereocenters. The van der Waals surface area contributed by atoms with E-state index in [-0.39, 0.29) is 42.3 Å². The summed E-state index contributed by atoms with van der Waals surface area (Å²) in [6.45, 7) is 1.64. The van der Waals surface area contributed by atoms with Gasteiger partial charge in [-0.25, -0.2) is 0 Å². The standard InChI is InChI=1S/C23H17F9N2O2/c1-2-20(36)34-17-6-4-11-7-12(3-5-13(11)17)18(35)9-15(21(24,25)26)14-8-19(23(30,31)32)33-10-16(14)22(27,28)29/h3,5,7-10,17H,2,4,6H2,1H3,(H,34,36). The zero-order valence-corrected chi connectivity index (χ0v) is 18.3. The summed E-state index contributed by atoms with van der Waals surface area (Å²) in [5.41, 5.74) is -7.24. The first-order valence-electron chi connectivity index (χ1n) is 10.4. The molecule has 0 saturated carbocycles. The molecule has 0 spiro atoms. The van der Waals surface area contributed by atoms with Gasteiger partial charge in [0.1, 0.15) is 5.69 Å². The van der Waals surface area contributed by atoms with Crippen LogP contribution in [0.25, 0.3) is 5.57 Å². The van der Waals surface area contributed by atoms with E-state index in [1.54, 1.807) is 6.92 Å². The highest BCUT2D eigenvalue weighted by Gasteiger charge is 2.44. The largest absolute Gasteiger partial charge is 0.433 e. The number of nitrogens with one attached hydrogen (secondary N) is 1. The SMILES string of the molecule is CCC(=O)NC1CCc2cc(C(=O)C=C(c3cc(C(F)(F)F)ncc3C(F)(F)F)C(F)(F)F)ccc21. The fourth-order valence-electron chi connectivity index (χ4n) is 3.80. The predicted octanol–water partition coefficient (Wildman–Crippen LogP) is 6.46. The van der Waals surface area contributed by atoms with E-state index in [2.05, 4.69) is 10.3 Å². The Kier molecular flexibility index (Phi) is 7.24. The zero-order chi connectivity index (χ0) is 27.1. The Hall–Kier alpha value is -3.38. The smallest absolute Gasteiger partial charge is 0.349 e. The van der Waals surface area contributed by atoms with Crippen molar-refractivity contribution in [1.29, 1.82) is 0 Å². The molecular formula is C23H17F9N2O2. The second kappa shape index (κ2) is 9.58. The number of carbonyl (C=O) groups is 2. The number of pyridine rings is 1. The van der Waals surface area contributed by atoms with Crippen molar-refractivity contribution in [1.82, 2.24) is 10.3 Å². The third-order valence-corrected chi connectivity index (χ3v) is 5.53. The van der Waals surface area contributed by atoms with Crippen molar-refractivity contribution in [2.45, 2.75) is 50.8 Å². The molecule has 13 heteroatoms. The number of halogens is 9. The number of aromatic nitrogens is 1. The molecule has 36 heavy (non-hydrogen) atoms. The van der Waals surface area contributed by atoms with Crippen LogP contribution in [0.2, 0.25) is 0 Å². The van der Waals surface area contributed by atoms with Crippen LogP contribution in [-0.2, 0) is 23.6 Å². The van der Waals surface area contributed by atoms with Gasteiger partial charge >= 0.3 is 18.5 Å². The lowest BCUT2D eigenvalue weighted by Gasteiger charge is -2.19. The molecule has 194 valence electrons. The van der Waals surface area contributed by atoms with Crippen molar-refractivity contribution in [3.05, 3.63) is 70.0 Å². The van der Waals surface area contributed by atoms with E-state index in [9.17, 15) is 49.1 Å². The quantitative estimate of drug-likeness (QED) is 0.278. The van der Waals surface area contributed by atoms with Gasteiger partial charge < -0.3 is 5.32 Å². The number of fused-ring (bicyclic) bond motifs is 1. The van der Waals surface area contributed by atoms with E-state index >= 15 is 0 Å². The van der Waals surface area contributed by atoms with Gasteiger partial charge in [-0.15, -0.1) is 0 Å². The molecule has 1 N–H and O–H groups in total. The van der Waals surface area contributed by atoms with Crippen molar-refractivity contribution in [2.75, 3.05) is 0 Å². The summed E-state index contributed by atoms with van der Waals surface area (Å²) in [6.07, 6.45) is -15.9. The van der Waals surface area contributed by atoms with Crippen molar-refractivity contribution in [3.8, 4) is 0 Å². The average Bonchev–Trinajstić information content (AvgIpc) is 3.16.